The number of para-hydroxylation sites is 2. The molecule has 0 atom stereocenters. The molecule has 4 heteroatoms. The molecule has 0 aliphatic heterocycles. The summed E-state index contributed by atoms with van der Waals surface area (Å²) in [6.45, 7) is 0. The van der Waals surface area contributed by atoms with Crippen LogP contribution in [0.3, 0.4) is 0 Å². The van der Waals surface area contributed by atoms with Gasteiger partial charge in [-0.2, -0.15) is 0 Å². The molecule has 0 radical (unpaired) electrons. The number of rotatable bonds is 12. The zero-order valence-electron chi connectivity index (χ0n) is 44.7. The lowest BCUT2D eigenvalue weighted by molar-refractivity contribution is 1.30. The Balaban J connectivity index is 0.997. The number of hydrogen-bond donors (Lipinski definition) is 0. The Hall–Kier alpha value is -10.1. The highest BCUT2D eigenvalue weighted by molar-refractivity contribution is 7.26. The Morgan fingerprint density at radius 2 is 0.427 bits per heavy atom. The molecule has 0 unspecified atom stereocenters. The van der Waals surface area contributed by atoms with Crippen molar-refractivity contribution in [2.75, 3.05) is 9.80 Å². The minimum atomic E-state index is 1.08. The van der Waals surface area contributed by atoms with Crippen LogP contribution in [0.2, 0.25) is 0 Å². The number of anilines is 6. The van der Waals surface area contributed by atoms with Crippen molar-refractivity contribution in [3.63, 3.8) is 0 Å². The third kappa shape index (κ3) is 8.65. The van der Waals surface area contributed by atoms with Gasteiger partial charge in [0.05, 0.1) is 20.8 Å². The predicted octanol–water partition coefficient (Wildman–Crippen LogP) is 23.4. The van der Waals surface area contributed by atoms with Gasteiger partial charge in [-0.1, -0.05) is 243 Å². The average Bonchev–Trinajstić information content (AvgIpc) is 4.32. The Bertz CT molecular complexity index is 4340. The van der Waals surface area contributed by atoms with Gasteiger partial charge >= 0.3 is 0 Å². The third-order valence-corrected chi connectivity index (χ3v) is 18.3. The van der Waals surface area contributed by atoms with E-state index in [2.05, 4.69) is 325 Å². The fourth-order valence-electron chi connectivity index (χ4n) is 12.3. The fourth-order valence-corrected chi connectivity index (χ4v) is 14.7. The smallest absolute Gasteiger partial charge is 0.0640 e. The maximum absolute atomic E-state index is 2.43. The molecular weight excluding hydrogens is 1030 g/mol. The molecule has 15 rings (SSSR count). The molecule has 0 bridgehead atoms. The molecule has 0 saturated heterocycles. The number of benzene rings is 13. The summed E-state index contributed by atoms with van der Waals surface area (Å²) in [7, 11) is 0. The van der Waals surface area contributed by atoms with E-state index in [-0.39, 0.29) is 0 Å². The molecule has 386 valence electrons. The fraction of sp³-hybridized carbons (Fsp3) is 0. The van der Waals surface area contributed by atoms with Crippen molar-refractivity contribution in [2.45, 2.75) is 0 Å². The monoisotopic (exact) mass is 1080 g/mol. The molecule has 0 amide bonds. The summed E-state index contributed by atoms with van der Waals surface area (Å²) in [5, 5.41) is 5.11. The van der Waals surface area contributed by atoms with Gasteiger partial charge in [0, 0.05) is 53.7 Å². The lowest BCUT2D eigenvalue weighted by Crippen LogP contribution is -2.10. The van der Waals surface area contributed by atoms with Crippen LogP contribution in [0, 0.1) is 0 Å². The lowest BCUT2D eigenvalue weighted by atomic mass is 9.74. The van der Waals surface area contributed by atoms with Crippen molar-refractivity contribution in [1.29, 1.82) is 0 Å². The molecule has 0 saturated carbocycles. The maximum atomic E-state index is 2.43. The molecule has 0 N–H and O–H groups in total. The van der Waals surface area contributed by atoms with E-state index in [1.165, 1.54) is 73.7 Å². The standard InChI is InChI=1S/C78H52N2S2/c1-7-25-53(26-8-1)71-72(54-27-9-2-10-28-54)76(58-47-51-62(52-48-58)80(60-35-17-6-18-36-60)68-42-24-40-66-64-38-20-22-44-70(64)82-78(66)68)74(56-31-13-4-14-32-56)73(55-29-11-3-12-30-55)75(71)57-45-49-61(50-46-57)79(59-33-15-5-16-34-59)67-41-23-39-65-63-37-19-21-43-69(63)81-77(65)67/h1-52H. The van der Waals surface area contributed by atoms with Crippen LogP contribution in [0.1, 0.15) is 0 Å². The van der Waals surface area contributed by atoms with Gasteiger partial charge in [0.1, 0.15) is 0 Å². The van der Waals surface area contributed by atoms with Gasteiger partial charge in [-0.3, -0.25) is 0 Å². The van der Waals surface area contributed by atoms with Crippen LogP contribution >= 0.6 is 22.7 Å². The van der Waals surface area contributed by atoms with Gasteiger partial charge in [0.15, 0.2) is 0 Å². The predicted molar refractivity (Wildman–Crippen MR) is 354 cm³/mol. The van der Waals surface area contributed by atoms with Gasteiger partial charge < -0.3 is 9.80 Å². The highest BCUT2D eigenvalue weighted by Gasteiger charge is 2.30. The molecule has 13 aromatic carbocycles. The number of hydrogen-bond acceptors (Lipinski definition) is 4. The van der Waals surface area contributed by atoms with Crippen LogP contribution in [-0.2, 0) is 0 Å². The molecule has 0 aliphatic rings. The van der Waals surface area contributed by atoms with E-state index in [9.17, 15) is 0 Å². The summed E-state index contributed by atoms with van der Waals surface area (Å²) in [5.74, 6) is 0. The highest BCUT2D eigenvalue weighted by atomic mass is 32.1. The molecular formula is C78H52N2S2. The van der Waals surface area contributed by atoms with E-state index in [1.807, 2.05) is 22.7 Å². The van der Waals surface area contributed by atoms with E-state index in [0.717, 1.165) is 67.5 Å². The van der Waals surface area contributed by atoms with Gasteiger partial charge in [-0.25, -0.2) is 0 Å². The van der Waals surface area contributed by atoms with Gasteiger partial charge in [-0.15, -0.1) is 22.7 Å². The van der Waals surface area contributed by atoms with Gasteiger partial charge in [-0.05, 0) is 140 Å². The Morgan fingerprint density at radius 1 is 0.183 bits per heavy atom. The van der Waals surface area contributed by atoms with Crippen molar-refractivity contribution in [2.24, 2.45) is 0 Å². The lowest BCUT2D eigenvalue weighted by Gasteiger charge is -2.30. The van der Waals surface area contributed by atoms with E-state index < -0.39 is 0 Å². The second-order valence-corrected chi connectivity index (χ2v) is 22.8. The van der Waals surface area contributed by atoms with E-state index in [4.69, 9.17) is 0 Å². The topological polar surface area (TPSA) is 6.48 Å². The van der Waals surface area contributed by atoms with Crippen molar-refractivity contribution >= 4 is 97.1 Å². The van der Waals surface area contributed by atoms with Gasteiger partial charge in [0.25, 0.3) is 0 Å². The Morgan fingerprint density at radius 3 is 0.744 bits per heavy atom. The number of thiophene rings is 2. The van der Waals surface area contributed by atoms with Crippen molar-refractivity contribution in [1.82, 2.24) is 0 Å². The van der Waals surface area contributed by atoms with E-state index in [0.29, 0.717) is 0 Å². The molecule has 2 aromatic heterocycles. The van der Waals surface area contributed by atoms with Crippen LogP contribution in [0.25, 0.3) is 107 Å². The zero-order valence-corrected chi connectivity index (χ0v) is 46.4. The summed E-state index contributed by atoms with van der Waals surface area (Å²) in [6.07, 6.45) is 0. The quantitative estimate of drug-likeness (QED) is 0.120. The Labute approximate surface area is 486 Å². The summed E-state index contributed by atoms with van der Waals surface area (Å²) >= 11 is 3.72. The second kappa shape index (κ2) is 21.2. The summed E-state index contributed by atoms with van der Waals surface area (Å²) in [6, 6.07) is 116. The van der Waals surface area contributed by atoms with Crippen molar-refractivity contribution < 1.29 is 0 Å². The normalized spacial score (nSPS) is 11.4. The third-order valence-electron chi connectivity index (χ3n) is 15.9. The molecule has 0 spiro atoms. The molecule has 0 fully saturated rings. The first-order chi connectivity index (χ1) is 40.7. The summed E-state index contributed by atoms with van der Waals surface area (Å²) in [4.78, 5) is 4.86. The minimum absolute atomic E-state index is 1.08. The second-order valence-electron chi connectivity index (χ2n) is 20.7. The molecule has 2 heterocycles. The minimum Gasteiger partial charge on any atom is -0.309 e. The molecule has 0 aliphatic carbocycles. The molecule has 2 nitrogen and oxygen atoms in total. The van der Waals surface area contributed by atoms with Crippen LogP contribution in [0.4, 0.5) is 34.1 Å². The SMILES string of the molecule is c1ccc(-c2c(-c3ccccc3)c(-c3ccc(N(c4ccccc4)c4cccc5c4sc4ccccc45)cc3)c(-c3ccccc3)c(-c3ccccc3)c2-c2ccc(N(c3ccccc3)c3cccc4c3sc3ccccc34)cc2)cc1. The van der Waals surface area contributed by atoms with Crippen LogP contribution in [0.15, 0.2) is 315 Å². The van der Waals surface area contributed by atoms with E-state index >= 15 is 0 Å². The molecule has 15 aromatic rings. The van der Waals surface area contributed by atoms with Crippen LogP contribution in [0.5, 0.6) is 0 Å². The maximum Gasteiger partial charge on any atom is 0.0640 e. The molecule has 82 heavy (non-hydrogen) atoms. The van der Waals surface area contributed by atoms with Crippen LogP contribution in [-0.4, -0.2) is 0 Å². The summed E-state index contributed by atoms with van der Waals surface area (Å²) in [5.41, 5.74) is 20.6. The largest absolute Gasteiger partial charge is 0.309 e. The van der Waals surface area contributed by atoms with E-state index in [1.54, 1.807) is 0 Å². The van der Waals surface area contributed by atoms with Gasteiger partial charge in [0.2, 0.25) is 0 Å². The Kier molecular flexibility index (Phi) is 12.6. The first-order valence-electron chi connectivity index (χ1n) is 27.9. The van der Waals surface area contributed by atoms with Crippen molar-refractivity contribution in [3.05, 3.63) is 315 Å². The van der Waals surface area contributed by atoms with Crippen LogP contribution < -0.4 is 9.80 Å². The summed E-state index contributed by atoms with van der Waals surface area (Å²) < 4.78 is 5.10. The number of nitrogens with zero attached hydrogens (tertiary/aromatic N) is 2. The average molecular weight is 1080 g/mol. The zero-order chi connectivity index (χ0) is 54.3. The highest BCUT2D eigenvalue weighted by Crippen LogP contribution is 2.57. The number of fused-ring (bicyclic) bond motifs is 6. The first-order valence-corrected chi connectivity index (χ1v) is 29.5. The van der Waals surface area contributed by atoms with Crippen molar-refractivity contribution in [3.8, 4) is 66.8 Å². The first kappa shape index (κ1) is 49.0.